The van der Waals surface area contributed by atoms with Crippen molar-refractivity contribution < 1.29 is 18.5 Å². The predicted octanol–water partition coefficient (Wildman–Crippen LogP) is 3.49. The van der Waals surface area contributed by atoms with Gasteiger partial charge in [0.2, 0.25) is 11.7 Å². The zero-order valence-electron chi connectivity index (χ0n) is 19.2. The molecule has 1 aromatic heterocycles. The van der Waals surface area contributed by atoms with Gasteiger partial charge < -0.3 is 9.84 Å². The highest BCUT2D eigenvalue weighted by Gasteiger charge is 2.52. The minimum atomic E-state index is -0.854. The second-order valence-electron chi connectivity index (χ2n) is 9.72. The number of hydrogen-bond donors (Lipinski definition) is 1. The molecule has 2 aliphatic heterocycles. The molecule has 35 heavy (non-hydrogen) atoms. The van der Waals surface area contributed by atoms with Gasteiger partial charge in [0.1, 0.15) is 11.4 Å². The van der Waals surface area contributed by atoms with Gasteiger partial charge in [0.15, 0.2) is 0 Å². The van der Waals surface area contributed by atoms with Crippen molar-refractivity contribution in [1.29, 1.82) is 0 Å². The molecule has 3 aliphatic rings. The molecule has 6 rings (SSSR count). The molecule has 2 fully saturated rings. The van der Waals surface area contributed by atoms with Gasteiger partial charge in [-0.05, 0) is 55.5 Å². The SMILES string of the molecule is O=C1NC2(CCc3ccccc3C2)C(=O)N1CN1CCCC(c2nc(-c3cccc(F)c3)no2)C1. The number of fused-ring (bicyclic) bond motifs is 1. The molecule has 3 heterocycles. The first-order valence-corrected chi connectivity index (χ1v) is 12.0. The number of piperidine rings is 1. The first-order valence-electron chi connectivity index (χ1n) is 12.0. The lowest BCUT2D eigenvalue weighted by molar-refractivity contribution is -0.133. The van der Waals surface area contributed by atoms with Crippen LogP contribution < -0.4 is 5.32 Å². The summed E-state index contributed by atoms with van der Waals surface area (Å²) in [5, 5.41) is 7.04. The number of carbonyl (C=O) groups excluding carboxylic acids is 2. The average Bonchev–Trinajstić information content (AvgIpc) is 3.45. The standard InChI is InChI=1S/C26H26FN5O3/c27-21-9-3-7-18(13-21)22-28-23(35-30-22)20-8-4-12-31(15-20)16-32-24(33)26(29-25(32)34)11-10-17-5-1-2-6-19(17)14-26/h1-3,5-7,9,13,20H,4,8,10-12,14-16H2,(H,29,34). The highest BCUT2D eigenvalue weighted by molar-refractivity contribution is 6.07. The highest BCUT2D eigenvalue weighted by Crippen LogP contribution is 2.34. The van der Waals surface area contributed by atoms with Crippen molar-refractivity contribution >= 4 is 11.9 Å². The zero-order chi connectivity index (χ0) is 24.0. The number of nitrogens with one attached hydrogen (secondary N) is 1. The van der Waals surface area contributed by atoms with E-state index in [1.54, 1.807) is 12.1 Å². The quantitative estimate of drug-likeness (QED) is 0.581. The molecule has 3 amide bonds. The van der Waals surface area contributed by atoms with E-state index in [2.05, 4.69) is 26.4 Å². The molecule has 1 N–H and O–H groups in total. The number of carbonyl (C=O) groups is 2. The molecule has 3 aromatic rings. The van der Waals surface area contributed by atoms with Crippen LogP contribution in [0.15, 0.2) is 53.1 Å². The van der Waals surface area contributed by atoms with Crippen LogP contribution in [-0.2, 0) is 17.6 Å². The van der Waals surface area contributed by atoms with Crippen LogP contribution >= 0.6 is 0 Å². The summed E-state index contributed by atoms with van der Waals surface area (Å²) in [6, 6.07) is 13.9. The Bertz CT molecular complexity index is 1290. The summed E-state index contributed by atoms with van der Waals surface area (Å²) in [5.74, 6) is 0.322. The van der Waals surface area contributed by atoms with Gasteiger partial charge in [0.05, 0.1) is 12.6 Å². The molecule has 9 heteroatoms. The lowest BCUT2D eigenvalue weighted by Crippen LogP contribution is -2.52. The summed E-state index contributed by atoms with van der Waals surface area (Å²) in [6.07, 6.45) is 3.65. The van der Waals surface area contributed by atoms with Crippen LogP contribution in [0.2, 0.25) is 0 Å². The number of likely N-dealkylation sites (tertiary alicyclic amines) is 1. The fourth-order valence-corrected chi connectivity index (χ4v) is 5.56. The molecule has 2 atom stereocenters. The topological polar surface area (TPSA) is 91.6 Å². The molecule has 0 bridgehead atoms. The monoisotopic (exact) mass is 475 g/mol. The Hall–Kier alpha value is -3.59. The van der Waals surface area contributed by atoms with Crippen molar-refractivity contribution in [3.05, 3.63) is 71.4 Å². The van der Waals surface area contributed by atoms with E-state index in [-0.39, 0.29) is 30.3 Å². The summed E-state index contributed by atoms with van der Waals surface area (Å²) in [4.78, 5) is 34.3. The predicted molar refractivity (Wildman–Crippen MR) is 125 cm³/mol. The van der Waals surface area contributed by atoms with E-state index in [4.69, 9.17) is 4.52 Å². The van der Waals surface area contributed by atoms with Gasteiger partial charge in [-0.25, -0.2) is 14.1 Å². The third-order valence-corrected chi connectivity index (χ3v) is 7.40. The van der Waals surface area contributed by atoms with Crippen molar-refractivity contribution in [2.45, 2.75) is 43.6 Å². The van der Waals surface area contributed by atoms with Gasteiger partial charge in [0, 0.05) is 18.5 Å². The average molecular weight is 476 g/mol. The number of halogens is 1. The van der Waals surface area contributed by atoms with E-state index >= 15 is 0 Å². The first-order chi connectivity index (χ1) is 17.0. The van der Waals surface area contributed by atoms with E-state index < -0.39 is 5.54 Å². The Morgan fingerprint density at radius 1 is 1.14 bits per heavy atom. The van der Waals surface area contributed by atoms with Gasteiger partial charge in [-0.3, -0.25) is 9.69 Å². The molecular formula is C26H26FN5O3. The van der Waals surface area contributed by atoms with Gasteiger partial charge in [-0.15, -0.1) is 0 Å². The van der Waals surface area contributed by atoms with Crippen molar-refractivity contribution in [2.24, 2.45) is 0 Å². The number of aromatic nitrogens is 2. The van der Waals surface area contributed by atoms with Gasteiger partial charge in [-0.2, -0.15) is 4.98 Å². The largest absolute Gasteiger partial charge is 0.339 e. The number of aryl methyl sites for hydroxylation is 1. The molecule has 1 aliphatic carbocycles. The van der Waals surface area contributed by atoms with Crippen molar-refractivity contribution in [3.8, 4) is 11.4 Å². The van der Waals surface area contributed by atoms with E-state index in [0.29, 0.717) is 36.7 Å². The van der Waals surface area contributed by atoms with Crippen LogP contribution in [0, 0.1) is 5.82 Å². The van der Waals surface area contributed by atoms with E-state index in [1.807, 2.05) is 18.2 Å². The molecule has 2 aromatic carbocycles. The number of nitrogens with zero attached hydrogens (tertiary/aromatic N) is 4. The van der Waals surface area contributed by atoms with Crippen molar-refractivity contribution in [3.63, 3.8) is 0 Å². The van der Waals surface area contributed by atoms with Crippen LogP contribution in [0.3, 0.4) is 0 Å². The lowest BCUT2D eigenvalue weighted by Gasteiger charge is -2.34. The smallest absolute Gasteiger partial charge is 0.326 e. The molecule has 180 valence electrons. The Balaban J connectivity index is 1.14. The maximum atomic E-state index is 13.6. The second-order valence-corrected chi connectivity index (χ2v) is 9.72. The molecule has 2 saturated heterocycles. The molecule has 8 nitrogen and oxygen atoms in total. The maximum Gasteiger partial charge on any atom is 0.326 e. The third-order valence-electron chi connectivity index (χ3n) is 7.40. The minimum absolute atomic E-state index is 0.0187. The zero-order valence-corrected chi connectivity index (χ0v) is 19.2. The number of urea groups is 1. The number of benzene rings is 2. The third kappa shape index (κ3) is 3.99. The Morgan fingerprint density at radius 3 is 2.86 bits per heavy atom. The van der Waals surface area contributed by atoms with Gasteiger partial charge in [0.25, 0.3) is 5.91 Å². The van der Waals surface area contributed by atoms with Crippen LogP contribution in [0.25, 0.3) is 11.4 Å². The lowest BCUT2D eigenvalue weighted by atomic mass is 9.78. The normalized spacial score (nSPS) is 24.6. The van der Waals surface area contributed by atoms with E-state index in [9.17, 15) is 14.0 Å². The van der Waals surface area contributed by atoms with Gasteiger partial charge in [-0.1, -0.05) is 41.6 Å². The number of amides is 3. The fraction of sp³-hybridized carbons (Fsp3) is 0.385. The summed E-state index contributed by atoms with van der Waals surface area (Å²) >= 11 is 0. The van der Waals surface area contributed by atoms with Crippen LogP contribution in [0.1, 0.15) is 42.2 Å². The molecule has 0 radical (unpaired) electrons. The molecular weight excluding hydrogens is 449 g/mol. The van der Waals surface area contributed by atoms with Crippen molar-refractivity contribution in [1.82, 2.24) is 25.3 Å². The fourth-order valence-electron chi connectivity index (χ4n) is 5.56. The molecule has 1 spiro atoms. The summed E-state index contributed by atoms with van der Waals surface area (Å²) < 4.78 is 19.1. The summed E-state index contributed by atoms with van der Waals surface area (Å²) in [5.41, 5.74) is 2.08. The first kappa shape index (κ1) is 21.9. The Kier molecular flexibility index (Phi) is 5.36. The second kappa shape index (κ2) is 8.57. The van der Waals surface area contributed by atoms with E-state index in [0.717, 1.165) is 31.4 Å². The van der Waals surface area contributed by atoms with Crippen LogP contribution in [-0.4, -0.2) is 57.2 Å². The summed E-state index contributed by atoms with van der Waals surface area (Å²) in [6.45, 7) is 1.60. The Labute approximate surface area is 202 Å². The van der Waals surface area contributed by atoms with Crippen LogP contribution in [0.5, 0.6) is 0 Å². The number of rotatable bonds is 4. The maximum absolute atomic E-state index is 13.6. The van der Waals surface area contributed by atoms with Gasteiger partial charge >= 0.3 is 6.03 Å². The van der Waals surface area contributed by atoms with Crippen molar-refractivity contribution in [2.75, 3.05) is 19.8 Å². The van der Waals surface area contributed by atoms with E-state index in [1.165, 1.54) is 22.6 Å². The number of imide groups is 1. The highest BCUT2D eigenvalue weighted by atomic mass is 19.1. The Morgan fingerprint density at radius 2 is 2.00 bits per heavy atom. The van der Waals surface area contributed by atoms with Crippen LogP contribution in [0.4, 0.5) is 9.18 Å². The molecule has 2 unspecified atom stereocenters. The molecule has 0 saturated carbocycles. The number of hydrogen-bond acceptors (Lipinski definition) is 6. The summed E-state index contributed by atoms with van der Waals surface area (Å²) in [7, 11) is 0. The minimum Gasteiger partial charge on any atom is -0.339 e.